The summed E-state index contributed by atoms with van der Waals surface area (Å²) < 4.78 is 26.8. The Kier molecular flexibility index (Phi) is 18.5. The Morgan fingerprint density at radius 2 is 1.17 bits per heavy atom. The normalized spacial score (nSPS) is 10.8. The summed E-state index contributed by atoms with van der Waals surface area (Å²) in [4.78, 5) is 0. The maximum absolute atomic E-state index is 8.97. The number of hydrogen-bond donors (Lipinski definition) is 2. The van der Waals surface area contributed by atoms with Crippen LogP contribution in [0.3, 0.4) is 0 Å². The van der Waals surface area contributed by atoms with Crippen LogP contribution in [0.2, 0.25) is 4.18 Å². The third kappa shape index (κ3) is 36.0. The molecule has 0 atom stereocenters. The Labute approximate surface area is 128 Å². The van der Waals surface area contributed by atoms with Gasteiger partial charge >= 0.3 is 110 Å². The number of nitrogens with two attached hydrogens (primary N) is 1. The first-order valence-electron chi connectivity index (χ1n) is 7.17. The predicted octanol–water partition coefficient (Wildman–Crippen LogP) is 2.71. The monoisotopic (exact) mass is 383 g/mol. The van der Waals surface area contributed by atoms with Crippen molar-refractivity contribution in [2.75, 3.05) is 0 Å². The first-order chi connectivity index (χ1) is 8.41. The van der Waals surface area contributed by atoms with Crippen molar-refractivity contribution in [2.24, 2.45) is 5.14 Å². The Bertz CT molecular complexity index is 228. The quantitative estimate of drug-likeness (QED) is 0.450. The summed E-state index contributed by atoms with van der Waals surface area (Å²) in [5.41, 5.74) is 0. The molecule has 6 heteroatoms. The zero-order valence-corrected chi connectivity index (χ0v) is 18.6. The van der Waals surface area contributed by atoms with Crippen LogP contribution in [-0.2, 0) is 10.3 Å². The predicted molar refractivity (Wildman–Crippen MR) is 80.9 cm³/mol. The average Bonchev–Trinajstić information content (AvgIpc) is 2.25. The molecule has 0 spiro atoms. The van der Waals surface area contributed by atoms with Gasteiger partial charge in [-0.25, -0.2) is 5.14 Å². The van der Waals surface area contributed by atoms with E-state index >= 15 is 0 Å². The standard InChI is InChI=1S/C12H25.In.H3NO3S.2H/c1-3-5-7-9-11-12-10-8-6-4-2;;1-5(2,3)4;;/h1,3-12H2,2H3;;(H3,1,2,3,4);;. The van der Waals surface area contributed by atoms with Crippen LogP contribution in [0.1, 0.15) is 71.1 Å². The Morgan fingerprint density at radius 3 is 1.44 bits per heavy atom. The molecule has 0 saturated carbocycles. The van der Waals surface area contributed by atoms with Gasteiger partial charge in [-0.2, -0.15) is 8.42 Å². The summed E-state index contributed by atoms with van der Waals surface area (Å²) in [6, 6.07) is 0. The fraction of sp³-hybridized carbons (Fsp3) is 1.00. The smallest absolute Gasteiger partial charge is 0.274 e. The van der Waals surface area contributed by atoms with Gasteiger partial charge in [-0.15, -0.1) is 0 Å². The van der Waals surface area contributed by atoms with Crippen LogP contribution < -0.4 is 5.14 Å². The molecule has 0 aliphatic rings. The van der Waals surface area contributed by atoms with E-state index in [1.165, 1.54) is 64.2 Å². The van der Waals surface area contributed by atoms with Crippen LogP contribution in [0.4, 0.5) is 0 Å². The third-order valence-electron chi connectivity index (χ3n) is 2.71. The van der Waals surface area contributed by atoms with Crippen LogP contribution in [-0.4, -0.2) is 37.3 Å². The van der Waals surface area contributed by atoms with Crippen molar-refractivity contribution >= 4 is 34.7 Å². The molecule has 4 nitrogen and oxygen atoms in total. The van der Waals surface area contributed by atoms with E-state index in [-0.39, 0.29) is 0 Å². The maximum atomic E-state index is 8.97. The van der Waals surface area contributed by atoms with Crippen LogP contribution in [0.25, 0.3) is 0 Å². The third-order valence-corrected chi connectivity index (χ3v) is 4.73. The molecule has 0 heterocycles. The van der Waals surface area contributed by atoms with Crippen LogP contribution in [0.5, 0.6) is 0 Å². The summed E-state index contributed by atoms with van der Waals surface area (Å²) in [7, 11) is -4.17. The van der Waals surface area contributed by atoms with E-state index in [0.29, 0.717) is 0 Å². The molecule has 0 fully saturated rings. The largest absolute Gasteiger partial charge is 0.330 e. The van der Waals surface area contributed by atoms with Gasteiger partial charge in [-0.1, -0.05) is 0 Å². The molecule has 0 aliphatic carbocycles. The van der Waals surface area contributed by atoms with Crippen molar-refractivity contribution in [2.45, 2.75) is 75.3 Å². The molecule has 0 amide bonds. The molecule has 110 valence electrons. The molecule has 0 aromatic rings. The minimum absolute atomic E-state index is 0.963. The molecule has 0 bridgehead atoms. The summed E-state index contributed by atoms with van der Waals surface area (Å²) >= 11 is 0.963. The van der Waals surface area contributed by atoms with Crippen LogP contribution in [0.15, 0.2) is 0 Å². The van der Waals surface area contributed by atoms with Gasteiger partial charge in [0.1, 0.15) is 0 Å². The second-order valence-corrected chi connectivity index (χ2v) is 8.58. The molecular weight excluding hydrogens is 353 g/mol. The van der Waals surface area contributed by atoms with E-state index in [2.05, 4.69) is 12.1 Å². The average molecular weight is 383 g/mol. The fourth-order valence-corrected chi connectivity index (χ4v) is 3.16. The van der Waals surface area contributed by atoms with Crippen molar-refractivity contribution in [1.82, 2.24) is 0 Å². The fourth-order valence-electron chi connectivity index (χ4n) is 1.74. The van der Waals surface area contributed by atoms with E-state index in [0.717, 1.165) is 24.4 Å². The molecule has 0 radical (unpaired) electrons. The summed E-state index contributed by atoms with van der Waals surface area (Å²) in [6.07, 6.45) is 14.8. The van der Waals surface area contributed by atoms with Gasteiger partial charge in [-0.05, 0) is 0 Å². The molecular formula is C12H30InNO3S. The summed E-state index contributed by atoms with van der Waals surface area (Å²) in [5, 5.41) is 3.88. The topological polar surface area (TPSA) is 80.4 Å². The Hall–Kier alpha value is 0.740. The zero-order chi connectivity index (χ0) is 14.3. The van der Waals surface area contributed by atoms with Crippen LogP contribution >= 0.6 is 0 Å². The molecule has 3 N–H and O–H groups in total. The molecule has 0 unspecified atom stereocenters. The van der Waals surface area contributed by atoms with Gasteiger partial charge < -0.3 is 0 Å². The summed E-state index contributed by atoms with van der Waals surface area (Å²) in [5.74, 6) is 0. The van der Waals surface area contributed by atoms with E-state index in [1.54, 1.807) is 4.18 Å². The molecule has 0 rings (SSSR count). The van der Waals surface area contributed by atoms with Gasteiger partial charge in [0.25, 0.3) is 0 Å². The first kappa shape index (κ1) is 21.0. The number of hydrogen-bond acceptors (Lipinski definition) is 2. The second kappa shape index (κ2) is 15.8. The van der Waals surface area contributed by atoms with Gasteiger partial charge in [0.05, 0.1) is 0 Å². The van der Waals surface area contributed by atoms with Crippen molar-refractivity contribution in [3.8, 4) is 0 Å². The maximum Gasteiger partial charge on any atom is 0.330 e. The van der Waals surface area contributed by atoms with Crippen molar-refractivity contribution in [3.63, 3.8) is 0 Å². The number of rotatable bonds is 10. The minimum Gasteiger partial charge on any atom is -0.274 e. The molecule has 0 aromatic heterocycles. The second-order valence-electron chi connectivity index (χ2n) is 4.70. The van der Waals surface area contributed by atoms with Crippen LogP contribution in [0, 0.1) is 0 Å². The van der Waals surface area contributed by atoms with Crippen molar-refractivity contribution in [3.05, 3.63) is 0 Å². The van der Waals surface area contributed by atoms with E-state index in [9.17, 15) is 0 Å². The Balaban J connectivity index is 0. The molecule has 0 saturated heterocycles. The van der Waals surface area contributed by atoms with Crippen molar-refractivity contribution in [1.29, 1.82) is 0 Å². The number of unbranched alkanes of at least 4 members (excludes halogenated alkanes) is 9. The van der Waals surface area contributed by atoms with Gasteiger partial charge in [0.2, 0.25) is 0 Å². The van der Waals surface area contributed by atoms with Gasteiger partial charge in [-0.3, -0.25) is 4.55 Å². The molecule has 0 aliphatic heterocycles. The first-order valence-corrected chi connectivity index (χ1v) is 12.7. The SMILES string of the molecule is CCCCCCCCCCC[CH2][InH2].NS(=O)(=O)O. The van der Waals surface area contributed by atoms with Crippen molar-refractivity contribution < 1.29 is 13.0 Å². The van der Waals surface area contributed by atoms with E-state index in [1.807, 2.05) is 0 Å². The zero-order valence-electron chi connectivity index (χ0n) is 12.0. The van der Waals surface area contributed by atoms with E-state index in [4.69, 9.17) is 13.0 Å². The Morgan fingerprint density at radius 1 is 0.889 bits per heavy atom. The van der Waals surface area contributed by atoms with E-state index < -0.39 is 10.3 Å². The molecule has 0 aromatic carbocycles. The minimum atomic E-state index is -4.17. The molecule has 18 heavy (non-hydrogen) atoms. The van der Waals surface area contributed by atoms with Gasteiger partial charge in [0.15, 0.2) is 0 Å². The van der Waals surface area contributed by atoms with Gasteiger partial charge in [0, 0.05) is 0 Å². The summed E-state index contributed by atoms with van der Waals surface area (Å²) in [6.45, 7) is 2.29.